The second kappa shape index (κ2) is 4.45. The zero-order valence-corrected chi connectivity index (χ0v) is 9.30. The molecule has 0 fully saturated rings. The van der Waals surface area contributed by atoms with E-state index in [1.807, 2.05) is 0 Å². The zero-order valence-electron chi connectivity index (χ0n) is 9.30. The Morgan fingerprint density at radius 1 is 1.59 bits per heavy atom. The van der Waals surface area contributed by atoms with Crippen molar-refractivity contribution in [2.45, 2.75) is 19.4 Å². The summed E-state index contributed by atoms with van der Waals surface area (Å²) in [5.74, 6) is 0.0393. The van der Waals surface area contributed by atoms with Crippen LogP contribution in [0.4, 0.5) is 0 Å². The fourth-order valence-electron chi connectivity index (χ4n) is 1.67. The van der Waals surface area contributed by atoms with E-state index < -0.39 is 12.1 Å². The Labute approximate surface area is 98.0 Å². The van der Waals surface area contributed by atoms with Crippen LogP contribution >= 0.6 is 0 Å². The summed E-state index contributed by atoms with van der Waals surface area (Å²) in [6.45, 7) is 1.73. The van der Waals surface area contributed by atoms with E-state index in [0.29, 0.717) is 17.1 Å². The highest BCUT2D eigenvalue weighted by molar-refractivity contribution is 6.02. The van der Waals surface area contributed by atoms with Crippen LogP contribution in [-0.4, -0.2) is 29.6 Å². The number of hydrogen-bond acceptors (Lipinski definition) is 4. The zero-order chi connectivity index (χ0) is 12.4. The lowest BCUT2D eigenvalue weighted by Crippen LogP contribution is -2.16. The van der Waals surface area contributed by atoms with Crippen molar-refractivity contribution in [2.24, 2.45) is 0 Å². The fourth-order valence-corrected chi connectivity index (χ4v) is 1.67. The first-order valence-electron chi connectivity index (χ1n) is 5.25. The molecule has 1 aliphatic rings. The predicted molar refractivity (Wildman–Crippen MR) is 58.6 cm³/mol. The SMILES string of the molecule is CC(CC(=O)O)Oc1ccc2c(c1)OCC2=O. The van der Waals surface area contributed by atoms with Gasteiger partial charge in [0.2, 0.25) is 5.78 Å². The molecular weight excluding hydrogens is 224 g/mol. The molecule has 90 valence electrons. The third kappa shape index (κ3) is 2.55. The van der Waals surface area contributed by atoms with Crippen LogP contribution in [0.2, 0.25) is 0 Å². The Hall–Kier alpha value is -2.04. The van der Waals surface area contributed by atoms with Crippen molar-refractivity contribution in [2.75, 3.05) is 6.61 Å². The lowest BCUT2D eigenvalue weighted by Gasteiger charge is -2.12. The monoisotopic (exact) mass is 236 g/mol. The van der Waals surface area contributed by atoms with Gasteiger partial charge in [-0.3, -0.25) is 9.59 Å². The van der Waals surface area contributed by atoms with E-state index in [-0.39, 0.29) is 18.8 Å². The largest absolute Gasteiger partial charge is 0.490 e. The Kier molecular flexibility index (Phi) is 2.99. The van der Waals surface area contributed by atoms with Gasteiger partial charge in [0.05, 0.1) is 12.0 Å². The van der Waals surface area contributed by atoms with Crippen LogP contribution in [0.1, 0.15) is 23.7 Å². The predicted octanol–water partition coefficient (Wildman–Crippen LogP) is 1.50. The number of benzene rings is 1. The van der Waals surface area contributed by atoms with Crippen LogP contribution in [0, 0.1) is 0 Å². The Bertz CT molecular complexity index is 466. The second-order valence-corrected chi connectivity index (χ2v) is 3.90. The molecule has 0 aromatic heterocycles. The minimum absolute atomic E-state index is 0.0508. The molecule has 0 radical (unpaired) electrons. The molecule has 1 aromatic carbocycles. The van der Waals surface area contributed by atoms with Crippen molar-refractivity contribution in [3.63, 3.8) is 0 Å². The number of rotatable bonds is 4. The molecule has 0 spiro atoms. The Morgan fingerprint density at radius 3 is 3.06 bits per heavy atom. The topological polar surface area (TPSA) is 72.8 Å². The normalized spacial score (nSPS) is 15.0. The molecule has 5 heteroatoms. The molecule has 1 aromatic rings. The molecule has 5 nitrogen and oxygen atoms in total. The van der Waals surface area contributed by atoms with Gasteiger partial charge in [-0.25, -0.2) is 0 Å². The highest BCUT2D eigenvalue weighted by atomic mass is 16.5. The number of ether oxygens (including phenoxy) is 2. The number of carboxylic acids is 1. The van der Waals surface area contributed by atoms with Crippen LogP contribution in [0.15, 0.2) is 18.2 Å². The van der Waals surface area contributed by atoms with E-state index in [4.69, 9.17) is 14.6 Å². The average molecular weight is 236 g/mol. The van der Waals surface area contributed by atoms with Crippen LogP contribution in [0.25, 0.3) is 0 Å². The number of ketones is 1. The van der Waals surface area contributed by atoms with Crippen molar-refractivity contribution in [3.05, 3.63) is 23.8 Å². The lowest BCUT2D eigenvalue weighted by molar-refractivity contribution is -0.138. The van der Waals surface area contributed by atoms with Gasteiger partial charge in [-0.15, -0.1) is 0 Å². The standard InChI is InChI=1S/C12H12O5/c1-7(4-12(14)15)17-8-2-3-9-10(13)6-16-11(9)5-8/h2-3,5,7H,4,6H2,1H3,(H,14,15). The minimum Gasteiger partial charge on any atom is -0.490 e. The number of aliphatic carboxylic acids is 1. The Balaban J connectivity index is 2.08. The van der Waals surface area contributed by atoms with Gasteiger partial charge in [0.25, 0.3) is 0 Å². The van der Waals surface area contributed by atoms with Crippen molar-refractivity contribution in [3.8, 4) is 11.5 Å². The molecule has 2 rings (SSSR count). The van der Waals surface area contributed by atoms with Gasteiger partial charge >= 0.3 is 5.97 Å². The number of Topliss-reactive ketones (excluding diaryl/α,β-unsaturated/α-hetero) is 1. The maximum atomic E-state index is 11.3. The molecule has 1 N–H and O–H groups in total. The van der Waals surface area contributed by atoms with Gasteiger partial charge in [0.15, 0.2) is 6.61 Å². The van der Waals surface area contributed by atoms with Crippen molar-refractivity contribution < 1.29 is 24.2 Å². The molecule has 0 bridgehead atoms. The van der Waals surface area contributed by atoms with Crippen molar-refractivity contribution in [1.29, 1.82) is 0 Å². The van der Waals surface area contributed by atoms with Gasteiger partial charge in [-0.2, -0.15) is 0 Å². The van der Waals surface area contributed by atoms with E-state index in [2.05, 4.69) is 0 Å². The summed E-state index contributed by atoms with van der Waals surface area (Å²) in [5.41, 5.74) is 0.545. The van der Waals surface area contributed by atoms with Gasteiger partial charge < -0.3 is 14.6 Å². The van der Waals surface area contributed by atoms with Crippen LogP contribution in [0.5, 0.6) is 11.5 Å². The summed E-state index contributed by atoms with van der Waals surface area (Å²) in [7, 11) is 0. The quantitative estimate of drug-likeness (QED) is 0.857. The van der Waals surface area contributed by atoms with E-state index >= 15 is 0 Å². The maximum Gasteiger partial charge on any atom is 0.307 e. The molecule has 1 atom stereocenters. The highest BCUT2D eigenvalue weighted by Gasteiger charge is 2.21. The average Bonchev–Trinajstić information content (AvgIpc) is 2.58. The summed E-state index contributed by atoms with van der Waals surface area (Å²) < 4.78 is 10.6. The van der Waals surface area contributed by atoms with Crippen LogP contribution in [-0.2, 0) is 4.79 Å². The molecule has 1 aliphatic heterocycles. The lowest BCUT2D eigenvalue weighted by atomic mass is 10.1. The molecular formula is C12H12O5. The summed E-state index contributed by atoms with van der Waals surface area (Å²) in [6.07, 6.45) is -0.501. The Morgan fingerprint density at radius 2 is 2.35 bits per heavy atom. The van der Waals surface area contributed by atoms with Gasteiger partial charge in [0.1, 0.15) is 17.6 Å². The molecule has 1 heterocycles. The van der Waals surface area contributed by atoms with Gasteiger partial charge in [-0.1, -0.05) is 0 Å². The smallest absolute Gasteiger partial charge is 0.307 e. The molecule has 1 unspecified atom stereocenters. The van der Waals surface area contributed by atoms with Crippen LogP contribution in [0.3, 0.4) is 0 Å². The van der Waals surface area contributed by atoms with Crippen molar-refractivity contribution >= 4 is 11.8 Å². The molecule has 0 aliphatic carbocycles. The molecule has 0 saturated heterocycles. The minimum atomic E-state index is -0.912. The number of hydrogen-bond donors (Lipinski definition) is 1. The first kappa shape index (κ1) is 11.4. The number of carboxylic acid groups (broad SMARTS) is 1. The molecule has 0 amide bonds. The highest BCUT2D eigenvalue weighted by Crippen LogP contribution is 2.30. The summed E-state index contributed by atoms with van der Waals surface area (Å²) in [6, 6.07) is 4.88. The first-order valence-corrected chi connectivity index (χ1v) is 5.25. The van der Waals surface area contributed by atoms with Crippen LogP contribution < -0.4 is 9.47 Å². The first-order chi connectivity index (χ1) is 8.06. The van der Waals surface area contributed by atoms with E-state index in [0.717, 1.165) is 0 Å². The van der Waals surface area contributed by atoms with E-state index in [1.165, 1.54) is 0 Å². The van der Waals surface area contributed by atoms with E-state index in [1.54, 1.807) is 25.1 Å². The summed E-state index contributed by atoms with van der Waals surface area (Å²) >= 11 is 0. The van der Waals surface area contributed by atoms with Crippen molar-refractivity contribution in [1.82, 2.24) is 0 Å². The third-order valence-electron chi connectivity index (χ3n) is 2.41. The second-order valence-electron chi connectivity index (χ2n) is 3.90. The number of carbonyl (C=O) groups excluding carboxylic acids is 1. The number of carbonyl (C=O) groups is 2. The summed E-state index contributed by atoms with van der Waals surface area (Å²) in [4.78, 5) is 21.8. The molecule has 17 heavy (non-hydrogen) atoms. The van der Waals surface area contributed by atoms with E-state index in [9.17, 15) is 9.59 Å². The van der Waals surface area contributed by atoms with Gasteiger partial charge in [0, 0.05) is 6.07 Å². The van der Waals surface area contributed by atoms with Gasteiger partial charge in [-0.05, 0) is 19.1 Å². The maximum absolute atomic E-state index is 11.3. The fraction of sp³-hybridized carbons (Fsp3) is 0.333. The number of fused-ring (bicyclic) bond motifs is 1. The molecule has 0 saturated carbocycles. The third-order valence-corrected chi connectivity index (χ3v) is 2.41. The summed E-state index contributed by atoms with van der Waals surface area (Å²) in [5, 5.41) is 8.60.